The summed E-state index contributed by atoms with van der Waals surface area (Å²) < 4.78 is 27.3. The number of nitrogens with zero attached hydrogens (tertiary/aromatic N) is 4. The number of nitrogens with one attached hydrogen (secondary N) is 2. The number of pyridine rings is 4. The van der Waals surface area contributed by atoms with E-state index in [-0.39, 0.29) is 39.6 Å². The third-order valence-corrected chi connectivity index (χ3v) is 13.6. The highest BCUT2D eigenvalue weighted by atomic mass is 79.9. The minimum absolute atomic E-state index is 0.0384. The van der Waals surface area contributed by atoms with Gasteiger partial charge in [-0.1, -0.05) is 108 Å². The van der Waals surface area contributed by atoms with Crippen molar-refractivity contribution in [1.82, 2.24) is 29.7 Å². The number of sulfone groups is 1. The Morgan fingerprint density at radius 3 is 1.56 bits per heavy atom. The van der Waals surface area contributed by atoms with Crippen LogP contribution in [0, 0.1) is 0 Å². The van der Waals surface area contributed by atoms with Crippen LogP contribution in [-0.2, 0) is 15.6 Å². The van der Waals surface area contributed by atoms with Gasteiger partial charge in [-0.3, -0.25) is 28.3 Å². The monoisotopic (exact) mass is 1080 g/mol. The second-order valence-electron chi connectivity index (χ2n) is 16.9. The standard InChI is InChI=1S/C31H27ClN4O4S.C23H18BrClN4O2/c1-19(27-16-22-10-7-13-26(32)28(22)31(38)36(27)24-11-4-3-5-12-24)35-30(37)25-15-23(17-34-29(25)33)21-9-6-8-20(14-21)18-41(2,39)40;1-13(28-22(30)17-11-15(24)12-27-21(17)26)19-10-14-6-5-9-18(25)20(14)23(31)29(19)16-7-3-2-4-8-16/h3-17,19H,18H2,1-2H3,(H2,33,34)(H,35,37);2-13H,1H3,(H2,26,27)(H,28,30)/t19-;13-/m00/s1. The molecule has 0 aliphatic heterocycles. The second-order valence-corrected chi connectivity index (χ2v) is 20.8. The Balaban J connectivity index is 0.000000200. The SMILES string of the molecule is C[C@H](NC(=O)c1cc(-c2cccc(CS(C)(=O)=O)c2)cnc1N)c1cc2cccc(Cl)c2c(=O)n1-c1ccccc1.C[C@H](NC(=O)c1cc(Br)cnc1N)c1cc2cccc(Cl)c2c(=O)n1-c1ccccc1. The topological polar surface area (TPSA) is 214 Å². The molecule has 0 fully saturated rings. The zero-order valence-electron chi connectivity index (χ0n) is 38.8. The smallest absolute Gasteiger partial charge is 0.264 e. The van der Waals surface area contributed by atoms with Crippen LogP contribution in [0.4, 0.5) is 11.6 Å². The maximum absolute atomic E-state index is 13.7. The minimum Gasteiger partial charge on any atom is -0.383 e. The summed E-state index contributed by atoms with van der Waals surface area (Å²) in [5.41, 5.74) is 16.2. The predicted octanol–water partition coefficient (Wildman–Crippen LogP) is 10.2. The number of aromatic nitrogens is 4. The van der Waals surface area contributed by atoms with Crippen LogP contribution in [0.1, 0.15) is 63.6 Å². The van der Waals surface area contributed by atoms with Gasteiger partial charge in [0.05, 0.1) is 49.8 Å². The van der Waals surface area contributed by atoms with Crippen molar-refractivity contribution in [3.05, 3.63) is 221 Å². The lowest BCUT2D eigenvalue weighted by atomic mass is 10.0. The Morgan fingerprint density at radius 2 is 1.07 bits per heavy atom. The summed E-state index contributed by atoms with van der Waals surface area (Å²) in [6.45, 7) is 3.59. The van der Waals surface area contributed by atoms with Gasteiger partial charge in [0.15, 0.2) is 9.84 Å². The molecule has 0 aliphatic carbocycles. The van der Waals surface area contributed by atoms with E-state index in [0.29, 0.717) is 75.5 Å². The summed E-state index contributed by atoms with van der Waals surface area (Å²) in [5, 5.41) is 8.78. The van der Waals surface area contributed by atoms with E-state index in [2.05, 4.69) is 36.5 Å². The maximum Gasteiger partial charge on any atom is 0.264 e. The zero-order valence-corrected chi connectivity index (χ0v) is 42.7. The first-order valence-corrected chi connectivity index (χ1v) is 25.8. The molecule has 0 saturated carbocycles. The van der Waals surface area contributed by atoms with E-state index in [4.69, 9.17) is 34.7 Å². The molecule has 0 spiro atoms. The first kappa shape index (κ1) is 50.7. The zero-order chi connectivity index (χ0) is 51.4. The summed E-state index contributed by atoms with van der Waals surface area (Å²) in [4.78, 5) is 61.8. The molecule has 6 N–H and O–H groups in total. The van der Waals surface area contributed by atoms with Crippen LogP contribution in [0.15, 0.2) is 172 Å². The van der Waals surface area contributed by atoms with Gasteiger partial charge in [0.1, 0.15) is 11.6 Å². The third-order valence-electron chi connectivity index (χ3n) is 11.6. The minimum atomic E-state index is -3.22. The fourth-order valence-corrected chi connectivity index (χ4v) is 9.93. The predicted molar refractivity (Wildman–Crippen MR) is 290 cm³/mol. The van der Waals surface area contributed by atoms with Crippen LogP contribution < -0.4 is 33.2 Å². The lowest BCUT2D eigenvalue weighted by Gasteiger charge is -2.21. The lowest BCUT2D eigenvalue weighted by Crippen LogP contribution is -2.32. The van der Waals surface area contributed by atoms with Crippen LogP contribution in [0.2, 0.25) is 10.0 Å². The van der Waals surface area contributed by atoms with E-state index in [1.165, 1.54) is 18.6 Å². The van der Waals surface area contributed by atoms with Gasteiger partial charge in [-0.15, -0.1) is 0 Å². The van der Waals surface area contributed by atoms with Crippen LogP contribution in [-0.4, -0.2) is 45.6 Å². The number of hydrogen-bond acceptors (Lipinski definition) is 10. The molecule has 4 heterocycles. The average molecular weight is 1080 g/mol. The van der Waals surface area contributed by atoms with Crippen molar-refractivity contribution in [2.24, 2.45) is 0 Å². The molecule has 0 aliphatic rings. The largest absolute Gasteiger partial charge is 0.383 e. The molecule has 14 nitrogen and oxygen atoms in total. The number of benzene rings is 5. The van der Waals surface area contributed by atoms with Crippen molar-refractivity contribution < 1.29 is 18.0 Å². The van der Waals surface area contributed by atoms with E-state index < -0.39 is 33.7 Å². The number of anilines is 2. The van der Waals surface area contributed by atoms with Crippen LogP contribution in [0.5, 0.6) is 0 Å². The highest BCUT2D eigenvalue weighted by Gasteiger charge is 2.23. The maximum atomic E-state index is 13.7. The normalized spacial score (nSPS) is 12.1. The Morgan fingerprint density at radius 1 is 0.611 bits per heavy atom. The van der Waals surface area contributed by atoms with Gasteiger partial charge in [-0.05, 0) is 112 Å². The van der Waals surface area contributed by atoms with E-state index in [1.54, 1.807) is 76.7 Å². The Labute approximate surface area is 432 Å². The molecule has 0 unspecified atom stereocenters. The number of halogens is 3. The Kier molecular flexibility index (Phi) is 15.1. The number of nitrogens with two attached hydrogens (primary N) is 2. The summed E-state index contributed by atoms with van der Waals surface area (Å²) in [6, 6.07) is 41.8. The fraction of sp³-hybridized carbons (Fsp3) is 0.111. The number of para-hydroxylation sites is 2. The van der Waals surface area contributed by atoms with Crippen molar-refractivity contribution in [1.29, 1.82) is 0 Å². The molecular weight excluding hydrogens is 1040 g/mol. The van der Waals surface area contributed by atoms with Crippen molar-refractivity contribution >= 4 is 94.0 Å². The number of carbonyl (C=O) groups is 2. The molecule has 18 heteroatoms. The number of rotatable bonds is 11. The summed E-state index contributed by atoms with van der Waals surface area (Å²) >= 11 is 16.1. The van der Waals surface area contributed by atoms with Gasteiger partial charge in [-0.25, -0.2) is 18.4 Å². The van der Waals surface area contributed by atoms with Crippen molar-refractivity contribution in [3.8, 4) is 22.5 Å². The molecule has 9 rings (SSSR count). The summed E-state index contributed by atoms with van der Waals surface area (Å²) in [6.07, 6.45) is 4.24. The van der Waals surface area contributed by atoms with E-state index in [1.807, 2.05) is 91.9 Å². The van der Waals surface area contributed by atoms with Crippen LogP contribution in [0.25, 0.3) is 44.0 Å². The van der Waals surface area contributed by atoms with Gasteiger partial charge in [0.25, 0.3) is 22.9 Å². The van der Waals surface area contributed by atoms with Crippen LogP contribution in [0.3, 0.4) is 0 Å². The average Bonchev–Trinajstić information content (AvgIpc) is 3.34. The van der Waals surface area contributed by atoms with Crippen LogP contribution >= 0.6 is 39.1 Å². The number of fused-ring (bicyclic) bond motifs is 2. The number of nitrogen functional groups attached to an aromatic ring is 2. The fourth-order valence-electron chi connectivity index (χ4n) is 8.29. The van der Waals surface area contributed by atoms with Gasteiger partial charge in [0.2, 0.25) is 0 Å². The Bertz CT molecular complexity index is 3800. The molecule has 4 aromatic heterocycles. The second kappa shape index (κ2) is 21.4. The summed E-state index contributed by atoms with van der Waals surface area (Å²) in [5.74, 6) is -0.809. The number of hydrogen-bond donors (Lipinski definition) is 4. The molecule has 9 aromatic rings. The molecule has 0 saturated heterocycles. The van der Waals surface area contributed by atoms with Gasteiger partial charge in [-0.2, -0.15) is 0 Å². The molecule has 5 aromatic carbocycles. The highest BCUT2D eigenvalue weighted by Crippen LogP contribution is 2.29. The van der Waals surface area contributed by atoms with Crippen molar-refractivity contribution in [2.75, 3.05) is 17.7 Å². The number of carbonyl (C=O) groups excluding carboxylic acids is 2. The van der Waals surface area contributed by atoms with Crippen molar-refractivity contribution in [2.45, 2.75) is 31.7 Å². The summed E-state index contributed by atoms with van der Waals surface area (Å²) in [7, 11) is -3.22. The molecule has 2 amide bonds. The molecule has 364 valence electrons. The molecule has 72 heavy (non-hydrogen) atoms. The molecular formula is C54H45BrCl2N8O6S. The molecule has 0 bridgehead atoms. The van der Waals surface area contributed by atoms with Crippen molar-refractivity contribution in [3.63, 3.8) is 0 Å². The quantitative estimate of drug-likeness (QED) is 0.0962. The Hall–Kier alpha value is -7.63. The van der Waals surface area contributed by atoms with Gasteiger partial charge in [0, 0.05) is 51.4 Å². The first-order chi connectivity index (χ1) is 34.4. The third kappa shape index (κ3) is 11.1. The van der Waals surface area contributed by atoms with Gasteiger partial charge < -0.3 is 22.1 Å². The first-order valence-electron chi connectivity index (χ1n) is 22.2. The number of amides is 2. The highest BCUT2D eigenvalue weighted by molar-refractivity contribution is 9.10. The van der Waals surface area contributed by atoms with E-state index >= 15 is 0 Å². The molecule has 0 radical (unpaired) electrons. The van der Waals surface area contributed by atoms with Gasteiger partial charge >= 0.3 is 0 Å². The molecule has 2 atom stereocenters. The van der Waals surface area contributed by atoms with E-state index in [0.717, 1.165) is 0 Å². The lowest BCUT2D eigenvalue weighted by molar-refractivity contribution is 0.0931. The van der Waals surface area contributed by atoms with E-state index in [9.17, 15) is 27.6 Å².